The van der Waals surface area contributed by atoms with Gasteiger partial charge in [0.05, 0.1) is 31.9 Å². The van der Waals surface area contributed by atoms with Gasteiger partial charge >= 0.3 is 6.61 Å². The Morgan fingerprint density at radius 3 is 2.85 bits per heavy atom. The van der Waals surface area contributed by atoms with Gasteiger partial charge in [0.2, 0.25) is 0 Å². The summed E-state index contributed by atoms with van der Waals surface area (Å²) in [7, 11) is 1.48. The molecular weight excluding hydrogens is 344 g/mol. The van der Waals surface area contributed by atoms with Crippen LogP contribution in [0.1, 0.15) is 31.7 Å². The zero-order chi connectivity index (χ0) is 18.5. The van der Waals surface area contributed by atoms with Crippen molar-refractivity contribution in [1.29, 1.82) is 0 Å². The predicted octanol–water partition coefficient (Wildman–Crippen LogP) is 2.67. The van der Waals surface area contributed by atoms with E-state index in [2.05, 4.69) is 20.4 Å². The van der Waals surface area contributed by atoms with Crippen LogP contribution in [0.4, 0.5) is 8.78 Å². The van der Waals surface area contributed by atoms with Crippen molar-refractivity contribution < 1.29 is 23.0 Å². The van der Waals surface area contributed by atoms with Crippen LogP contribution in [-0.2, 0) is 11.3 Å². The van der Waals surface area contributed by atoms with Crippen LogP contribution in [0, 0.1) is 0 Å². The van der Waals surface area contributed by atoms with Crippen molar-refractivity contribution >= 4 is 5.96 Å². The molecule has 2 saturated heterocycles. The second-order valence-corrected chi connectivity index (χ2v) is 6.41. The lowest BCUT2D eigenvalue weighted by molar-refractivity contribution is -0.0505. The fourth-order valence-electron chi connectivity index (χ4n) is 3.45. The Bertz CT molecular complexity index is 642. The number of guanidine groups is 1. The van der Waals surface area contributed by atoms with Crippen LogP contribution in [0.5, 0.6) is 11.5 Å². The molecule has 2 fully saturated rings. The van der Waals surface area contributed by atoms with Crippen LogP contribution >= 0.6 is 0 Å². The molecule has 2 heterocycles. The van der Waals surface area contributed by atoms with Crippen LogP contribution in [0.2, 0.25) is 0 Å². The van der Waals surface area contributed by atoms with Crippen LogP contribution in [-0.4, -0.2) is 44.5 Å². The lowest BCUT2D eigenvalue weighted by atomic mass is 9.96. The number of nitrogens with one attached hydrogen (secondary N) is 2. The molecule has 0 spiro atoms. The van der Waals surface area contributed by atoms with E-state index < -0.39 is 6.61 Å². The minimum absolute atomic E-state index is 0.0715. The normalized spacial score (nSPS) is 24.8. The fourth-order valence-corrected chi connectivity index (χ4v) is 3.45. The first-order chi connectivity index (χ1) is 12.6. The first-order valence-corrected chi connectivity index (χ1v) is 8.91. The number of methoxy groups -OCH3 is 1. The van der Waals surface area contributed by atoms with Crippen molar-refractivity contribution in [2.24, 2.45) is 4.99 Å². The zero-order valence-electron chi connectivity index (χ0n) is 15.0. The third-order valence-corrected chi connectivity index (χ3v) is 4.67. The molecule has 2 bridgehead atoms. The van der Waals surface area contributed by atoms with Gasteiger partial charge in [0.25, 0.3) is 0 Å². The molecule has 26 heavy (non-hydrogen) atoms. The molecule has 1 aromatic carbocycles. The summed E-state index contributed by atoms with van der Waals surface area (Å²) < 4.78 is 40.9. The Hall–Kier alpha value is -2.09. The number of aliphatic imine (C=N–C) groups is 1. The molecule has 2 aliphatic heterocycles. The topological polar surface area (TPSA) is 64.1 Å². The Morgan fingerprint density at radius 1 is 1.38 bits per heavy atom. The molecule has 3 unspecified atom stereocenters. The molecule has 144 valence electrons. The monoisotopic (exact) mass is 369 g/mol. The van der Waals surface area contributed by atoms with Crippen molar-refractivity contribution in [2.75, 3.05) is 13.7 Å². The molecule has 6 nitrogen and oxygen atoms in total. The second-order valence-electron chi connectivity index (χ2n) is 6.41. The van der Waals surface area contributed by atoms with E-state index in [4.69, 9.17) is 9.47 Å². The number of halogens is 2. The molecular formula is C18H25F2N3O3. The fraction of sp³-hybridized carbons (Fsp3) is 0.611. The van der Waals surface area contributed by atoms with Crippen LogP contribution in [0.3, 0.4) is 0 Å². The Balaban J connectivity index is 1.70. The first-order valence-electron chi connectivity index (χ1n) is 8.91. The van der Waals surface area contributed by atoms with Gasteiger partial charge in [-0.25, -0.2) is 4.99 Å². The number of benzene rings is 1. The summed E-state index contributed by atoms with van der Waals surface area (Å²) in [5, 5.41) is 6.59. The molecule has 0 saturated carbocycles. The number of hydrogen-bond acceptors (Lipinski definition) is 4. The van der Waals surface area contributed by atoms with E-state index in [1.54, 1.807) is 12.1 Å². The van der Waals surface area contributed by atoms with Gasteiger partial charge in [0.15, 0.2) is 5.96 Å². The maximum atomic E-state index is 12.7. The lowest BCUT2D eigenvalue weighted by Crippen LogP contribution is -2.47. The van der Waals surface area contributed by atoms with Crippen molar-refractivity contribution in [1.82, 2.24) is 10.6 Å². The number of hydrogen-bond donors (Lipinski definition) is 2. The highest BCUT2D eigenvalue weighted by Gasteiger charge is 2.41. The average Bonchev–Trinajstić information content (AvgIpc) is 3.23. The summed E-state index contributed by atoms with van der Waals surface area (Å²) in [6.07, 6.45) is 3.72. The third-order valence-electron chi connectivity index (χ3n) is 4.67. The number of nitrogens with zero attached hydrogens (tertiary/aromatic N) is 1. The molecule has 0 amide bonds. The van der Waals surface area contributed by atoms with Gasteiger partial charge in [-0.05, 0) is 38.3 Å². The van der Waals surface area contributed by atoms with Gasteiger partial charge in [-0.3, -0.25) is 0 Å². The van der Waals surface area contributed by atoms with Crippen LogP contribution in [0.25, 0.3) is 0 Å². The first kappa shape index (κ1) is 18.7. The summed E-state index contributed by atoms with van der Waals surface area (Å²) in [6.45, 7) is -0.00495. The Kier molecular flexibility index (Phi) is 6.13. The average molecular weight is 369 g/mol. The molecule has 0 aromatic heterocycles. The number of rotatable bonds is 7. The lowest BCUT2D eigenvalue weighted by Gasteiger charge is -2.22. The van der Waals surface area contributed by atoms with E-state index in [0.29, 0.717) is 29.9 Å². The molecule has 1 aromatic rings. The number of alkyl halides is 2. The van der Waals surface area contributed by atoms with Gasteiger partial charge < -0.3 is 24.8 Å². The Labute approximate surface area is 151 Å². The van der Waals surface area contributed by atoms with Crippen molar-refractivity contribution in [3.63, 3.8) is 0 Å². The third kappa shape index (κ3) is 4.55. The van der Waals surface area contributed by atoms with Gasteiger partial charge in [-0.15, -0.1) is 0 Å². The van der Waals surface area contributed by atoms with Gasteiger partial charge in [-0.1, -0.05) is 0 Å². The SMILES string of the molecule is CCNC(=NCc1ccc(OC)cc1OC(F)F)NC1CC2CCC1O2. The standard InChI is InChI=1S/C18H25F2N3O3/c1-3-21-18(23-14-8-13-6-7-15(14)25-13)22-10-11-4-5-12(24-2)9-16(11)26-17(19)20/h4-5,9,13-15,17H,3,6-8,10H2,1-2H3,(H2,21,22,23). The maximum Gasteiger partial charge on any atom is 0.387 e. The number of ether oxygens (including phenoxy) is 3. The van der Waals surface area contributed by atoms with Gasteiger partial charge in [0, 0.05) is 18.2 Å². The molecule has 0 aliphatic carbocycles. The van der Waals surface area contributed by atoms with Gasteiger partial charge in [0.1, 0.15) is 11.5 Å². The van der Waals surface area contributed by atoms with Crippen molar-refractivity contribution in [2.45, 2.75) is 57.6 Å². The minimum Gasteiger partial charge on any atom is -0.497 e. The maximum absolute atomic E-state index is 12.7. The molecule has 8 heteroatoms. The quantitative estimate of drug-likeness (QED) is 0.572. The smallest absolute Gasteiger partial charge is 0.387 e. The van der Waals surface area contributed by atoms with Gasteiger partial charge in [-0.2, -0.15) is 8.78 Å². The number of fused-ring (bicyclic) bond motifs is 2. The van der Waals surface area contributed by atoms with E-state index >= 15 is 0 Å². The highest BCUT2D eigenvalue weighted by Crippen LogP contribution is 2.34. The Morgan fingerprint density at radius 2 is 2.23 bits per heavy atom. The largest absolute Gasteiger partial charge is 0.497 e. The molecule has 2 aliphatic rings. The highest BCUT2D eigenvalue weighted by molar-refractivity contribution is 5.80. The molecule has 3 atom stereocenters. The molecule has 3 rings (SSSR count). The molecule has 0 radical (unpaired) electrons. The predicted molar refractivity (Wildman–Crippen MR) is 93.9 cm³/mol. The van der Waals surface area contributed by atoms with Crippen LogP contribution in [0.15, 0.2) is 23.2 Å². The van der Waals surface area contributed by atoms with E-state index in [9.17, 15) is 8.78 Å². The summed E-state index contributed by atoms with van der Waals surface area (Å²) in [4.78, 5) is 4.53. The van der Waals surface area contributed by atoms with E-state index in [0.717, 1.165) is 19.3 Å². The highest BCUT2D eigenvalue weighted by atomic mass is 19.3. The van der Waals surface area contributed by atoms with E-state index in [1.165, 1.54) is 13.2 Å². The minimum atomic E-state index is -2.90. The van der Waals surface area contributed by atoms with Crippen molar-refractivity contribution in [3.8, 4) is 11.5 Å². The van der Waals surface area contributed by atoms with Crippen molar-refractivity contribution in [3.05, 3.63) is 23.8 Å². The summed E-state index contributed by atoms with van der Waals surface area (Å²) in [5.41, 5.74) is 0.562. The molecule has 2 N–H and O–H groups in total. The summed E-state index contributed by atoms with van der Waals surface area (Å²) in [5.74, 6) is 1.17. The second kappa shape index (κ2) is 8.53. The summed E-state index contributed by atoms with van der Waals surface area (Å²) in [6, 6.07) is 5.07. The van der Waals surface area contributed by atoms with Crippen LogP contribution < -0.4 is 20.1 Å². The van der Waals surface area contributed by atoms with E-state index in [-0.39, 0.29) is 24.4 Å². The zero-order valence-corrected chi connectivity index (χ0v) is 15.0. The van der Waals surface area contributed by atoms with E-state index in [1.807, 2.05) is 6.92 Å². The summed E-state index contributed by atoms with van der Waals surface area (Å²) >= 11 is 0.